The lowest BCUT2D eigenvalue weighted by atomic mass is 10.1. The Kier molecular flexibility index (Phi) is 3.38. The van der Waals surface area contributed by atoms with Gasteiger partial charge in [0, 0.05) is 18.8 Å². The highest BCUT2D eigenvalue weighted by molar-refractivity contribution is 6.20. The summed E-state index contributed by atoms with van der Waals surface area (Å²) in [4.78, 5) is 6.76. The highest BCUT2D eigenvalue weighted by Gasteiger charge is 2.16. The first kappa shape index (κ1) is 12.0. The van der Waals surface area contributed by atoms with Crippen LogP contribution in [0.25, 0.3) is 0 Å². The average molecular weight is 261 g/mol. The Morgan fingerprint density at radius 3 is 2.41 bits per heavy atom. The maximum absolute atomic E-state index is 13.0. The van der Waals surface area contributed by atoms with Crippen LogP contribution < -0.4 is 0 Å². The van der Waals surface area contributed by atoms with Gasteiger partial charge in [0.05, 0.1) is 5.38 Å². The van der Waals surface area contributed by atoms with E-state index in [4.69, 9.17) is 11.6 Å². The maximum atomic E-state index is 13.0. The van der Waals surface area contributed by atoms with Gasteiger partial charge >= 0.3 is 0 Å². The number of aromatic nitrogens is 2. The number of nitrogens with one attached hydrogen (secondary N) is 1. The lowest BCUT2D eigenvalue weighted by Crippen LogP contribution is -2.01. The predicted octanol–water partition coefficient (Wildman–Crippen LogP) is 3.35. The molecule has 1 aromatic heterocycles. The molecule has 0 aliphatic heterocycles. The smallest absolute Gasteiger partial charge is 0.194 e. The number of rotatable bonds is 3. The Labute approximate surface area is 100 Å². The Balaban J connectivity index is 2.22. The van der Waals surface area contributed by atoms with Crippen LogP contribution in [0.4, 0.5) is 13.2 Å². The van der Waals surface area contributed by atoms with Crippen molar-refractivity contribution in [2.24, 2.45) is 0 Å². The zero-order valence-electron chi connectivity index (χ0n) is 8.55. The molecule has 90 valence electrons. The largest absolute Gasteiger partial charge is 0.349 e. The van der Waals surface area contributed by atoms with Crippen LogP contribution in [0.3, 0.4) is 0 Å². The molecule has 2 nitrogen and oxygen atoms in total. The average Bonchev–Trinajstić information content (AvgIpc) is 2.77. The molecule has 0 aliphatic rings. The molecule has 1 unspecified atom stereocenters. The molecule has 1 heterocycles. The summed E-state index contributed by atoms with van der Waals surface area (Å²) in [6.07, 6.45) is 3.44. The first-order valence-electron chi connectivity index (χ1n) is 4.84. The van der Waals surface area contributed by atoms with Crippen molar-refractivity contribution >= 4 is 11.6 Å². The molecule has 0 radical (unpaired) electrons. The lowest BCUT2D eigenvalue weighted by molar-refractivity contribution is 0.445. The molecule has 0 amide bonds. The summed E-state index contributed by atoms with van der Waals surface area (Å²) < 4.78 is 38.7. The number of imidazole rings is 1. The lowest BCUT2D eigenvalue weighted by Gasteiger charge is -2.09. The fourth-order valence-electron chi connectivity index (χ4n) is 1.45. The standard InChI is InChI=1S/C11H8ClF3N2/c12-7(5-10-16-1-2-17-10)6-3-8(13)11(15)9(14)4-6/h1-4,7H,5H2,(H,16,17). The third-order valence-corrected chi connectivity index (χ3v) is 2.70. The number of aromatic amines is 1. The van der Waals surface area contributed by atoms with Crippen LogP contribution >= 0.6 is 11.6 Å². The molecule has 0 saturated heterocycles. The molecule has 0 bridgehead atoms. The third-order valence-electron chi connectivity index (χ3n) is 2.30. The molecular formula is C11H8ClF3N2. The van der Waals surface area contributed by atoms with E-state index >= 15 is 0 Å². The summed E-state index contributed by atoms with van der Waals surface area (Å²) in [5.74, 6) is -3.39. The van der Waals surface area contributed by atoms with Crippen LogP contribution in [-0.4, -0.2) is 9.97 Å². The minimum absolute atomic E-state index is 0.180. The van der Waals surface area contributed by atoms with Gasteiger partial charge < -0.3 is 4.98 Å². The van der Waals surface area contributed by atoms with Crippen LogP contribution in [0.1, 0.15) is 16.8 Å². The van der Waals surface area contributed by atoms with E-state index in [1.807, 2.05) is 0 Å². The summed E-state index contributed by atoms with van der Waals surface area (Å²) in [6.45, 7) is 0. The van der Waals surface area contributed by atoms with Gasteiger partial charge in [-0.15, -0.1) is 11.6 Å². The van der Waals surface area contributed by atoms with Crippen molar-refractivity contribution in [2.75, 3.05) is 0 Å². The number of halogens is 4. The van der Waals surface area contributed by atoms with Crippen molar-refractivity contribution in [1.29, 1.82) is 0 Å². The van der Waals surface area contributed by atoms with E-state index in [1.165, 1.54) is 0 Å². The first-order chi connectivity index (χ1) is 8.08. The number of hydrogen-bond acceptors (Lipinski definition) is 1. The quantitative estimate of drug-likeness (QED) is 0.665. The molecule has 1 atom stereocenters. The Bertz CT molecular complexity index is 490. The van der Waals surface area contributed by atoms with Gasteiger partial charge in [-0.3, -0.25) is 0 Å². The topological polar surface area (TPSA) is 28.7 Å². The number of alkyl halides is 1. The van der Waals surface area contributed by atoms with Gasteiger partial charge in [-0.25, -0.2) is 18.2 Å². The molecule has 6 heteroatoms. The zero-order chi connectivity index (χ0) is 12.4. The van der Waals surface area contributed by atoms with Gasteiger partial charge in [-0.2, -0.15) is 0 Å². The van der Waals surface area contributed by atoms with Crippen molar-refractivity contribution < 1.29 is 13.2 Å². The molecule has 0 aliphatic carbocycles. The molecule has 17 heavy (non-hydrogen) atoms. The van der Waals surface area contributed by atoms with Gasteiger partial charge in [0.1, 0.15) is 5.82 Å². The van der Waals surface area contributed by atoms with E-state index in [0.29, 0.717) is 5.82 Å². The van der Waals surface area contributed by atoms with E-state index in [9.17, 15) is 13.2 Å². The summed E-state index contributed by atoms with van der Waals surface area (Å²) >= 11 is 5.98. The number of nitrogens with zero attached hydrogens (tertiary/aromatic N) is 1. The van der Waals surface area contributed by atoms with Crippen LogP contribution in [0, 0.1) is 17.5 Å². The monoisotopic (exact) mass is 260 g/mol. The summed E-state index contributed by atoms with van der Waals surface area (Å²) in [5.41, 5.74) is 0.180. The zero-order valence-corrected chi connectivity index (χ0v) is 9.31. The van der Waals surface area contributed by atoms with Crippen LogP contribution in [0.2, 0.25) is 0 Å². The Morgan fingerprint density at radius 1 is 1.24 bits per heavy atom. The third kappa shape index (κ3) is 2.61. The van der Waals surface area contributed by atoms with Gasteiger partial charge in [-0.1, -0.05) is 0 Å². The number of benzene rings is 1. The van der Waals surface area contributed by atoms with E-state index in [1.54, 1.807) is 12.4 Å². The second-order valence-electron chi connectivity index (χ2n) is 3.51. The SMILES string of the molecule is Fc1cc(C(Cl)Cc2ncc[nH]2)cc(F)c1F. The van der Waals surface area contributed by atoms with E-state index in [2.05, 4.69) is 9.97 Å². The molecule has 1 N–H and O–H groups in total. The molecule has 2 aromatic rings. The molecule has 1 aromatic carbocycles. The second-order valence-corrected chi connectivity index (χ2v) is 4.03. The number of H-pyrrole nitrogens is 1. The molecular weight excluding hydrogens is 253 g/mol. The summed E-state index contributed by atoms with van der Waals surface area (Å²) in [6, 6.07) is 1.78. The van der Waals surface area contributed by atoms with Gasteiger partial charge in [0.15, 0.2) is 17.5 Å². The van der Waals surface area contributed by atoms with Crippen LogP contribution in [0.5, 0.6) is 0 Å². The fourth-order valence-corrected chi connectivity index (χ4v) is 1.73. The Morgan fingerprint density at radius 2 is 1.88 bits per heavy atom. The summed E-state index contributed by atoms with van der Waals surface area (Å²) in [5, 5.41) is -0.675. The summed E-state index contributed by atoms with van der Waals surface area (Å²) in [7, 11) is 0. The van der Waals surface area contributed by atoms with Gasteiger partial charge in [-0.05, 0) is 17.7 Å². The highest BCUT2D eigenvalue weighted by Crippen LogP contribution is 2.26. The normalized spacial score (nSPS) is 12.7. The maximum Gasteiger partial charge on any atom is 0.194 e. The van der Waals surface area contributed by atoms with Crippen molar-refractivity contribution in [3.05, 3.63) is 53.4 Å². The minimum Gasteiger partial charge on any atom is -0.349 e. The molecule has 0 fully saturated rings. The minimum atomic E-state index is -1.49. The Hall–Kier alpha value is -1.49. The molecule has 0 saturated carbocycles. The van der Waals surface area contributed by atoms with Crippen LogP contribution in [0.15, 0.2) is 24.5 Å². The first-order valence-corrected chi connectivity index (χ1v) is 5.28. The highest BCUT2D eigenvalue weighted by atomic mass is 35.5. The van der Waals surface area contributed by atoms with Crippen molar-refractivity contribution in [2.45, 2.75) is 11.8 Å². The van der Waals surface area contributed by atoms with Crippen LogP contribution in [-0.2, 0) is 6.42 Å². The molecule has 0 spiro atoms. The van der Waals surface area contributed by atoms with E-state index in [0.717, 1.165) is 12.1 Å². The fraction of sp³-hybridized carbons (Fsp3) is 0.182. The van der Waals surface area contributed by atoms with Crippen molar-refractivity contribution in [3.63, 3.8) is 0 Å². The second kappa shape index (κ2) is 4.79. The van der Waals surface area contributed by atoms with Gasteiger partial charge in [0.25, 0.3) is 0 Å². The van der Waals surface area contributed by atoms with Crippen molar-refractivity contribution in [1.82, 2.24) is 9.97 Å². The van der Waals surface area contributed by atoms with E-state index < -0.39 is 22.8 Å². The number of hydrogen-bond donors (Lipinski definition) is 1. The van der Waals surface area contributed by atoms with Gasteiger partial charge in [0.2, 0.25) is 0 Å². The molecule has 2 rings (SSSR count). The van der Waals surface area contributed by atoms with E-state index in [-0.39, 0.29) is 12.0 Å². The van der Waals surface area contributed by atoms with Crippen molar-refractivity contribution in [3.8, 4) is 0 Å². The predicted molar refractivity (Wildman–Crippen MR) is 57.2 cm³/mol.